The largest absolute Gasteiger partial charge is 0.352 e. The molecule has 100 valence electrons. The van der Waals surface area contributed by atoms with Crippen molar-refractivity contribution in [2.24, 2.45) is 0 Å². The Hall–Kier alpha value is -1.08. The van der Waals surface area contributed by atoms with Gasteiger partial charge in [-0.3, -0.25) is 9.69 Å². The van der Waals surface area contributed by atoms with Crippen molar-refractivity contribution in [3.8, 4) is 6.07 Å². The van der Waals surface area contributed by atoms with Crippen molar-refractivity contribution < 1.29 is 4.79 Å². The van der Waals surface area contributed by atoms with Gasteiger partial charge in [0.15, 0.2) is 0 Å². The number of carbonyl (C=O) groups is 1. The van der Waals surface area contributed by atoms with E-state index in [-0.39, 0.29) is 18.0 Å². The van der Waals surface area contributed by atoms with Gasteiger partial charge in [-0.15, -0.1) is 0 Å². The number of rotatable bonds is 3. The fourth-order valence-electron chi connectivity index (χ4n) is 3.10. The van der Waals surface area contributed by atoms with Crippen LogP contribution in [0.4, 0.5) is 0 Å². The van der Waals surface area contributed by atoms with E-state index in [1.807, 2.05) is 6.92 Å². The van der Waals surface area contributed by atoms with Gasteiger partial charge in [0.25, 0.3) is 0 Å². The number of amides is 1. The molecule has 1 N–H and O–H groups in total. The van der Waals surface area contributed by atoms with Gasteiger partial charge in [0.2, 0.25) is 5.91 Å². The van der Waals surface area contributed by atoms with Crippen LogP contribution in [0.3, 0.4) is 0 Å². The molecule has 1 saturated heterocycles. The lowest BCUT2D eigenvalue weighted by Gasteiger charge is -2.35. The maximum absolute atomic E-state index is 12.2. The molecule has 2 fully saturated rings. The van der Waals surface area contributed by atoms with Gasteiger partial charge >= 0.3 is 0 Å². The van der Waals surface area contributed by atoms with E-state index in [0.717, 1.165) is 38.6 Å². The minimum Gasteiger partial charge on any atom is -0.352 e. The Bertz CT molecular complexity index is 330. The van der Waals surface area contributed by atoms with Gasteiger partial charge < -0.3 is 5.32 Å². The average Bonchev–Trinajstić information content (AvgIpc) is 2.90. The van der Waals surface area contributed by atoms with Crippen LogP contribution in [0, 0.1) is 11.3 Å². The molecule has 1 amide bonds. The summed E-state index contributed by atoms with van der Waals surface area (Å²) in [5, 5.41) is 12.3. The monoisotopic (exact) mass is 249 g/mol. The molecular weight excluding hydrogens is 226 g/mol. The molecule has 4 nitrogen and oxygen atoms in total. The Morgan fingerprint density at radius 3 is 2.61 bits per heavy atom. The first-order chi connectivity index (χ1) is 8.72. The van der Waals surface area contributed by atoms with Gasteiger partial charge in [0.1, 0.15) is 0 Å². The van der Waals surface area contributed by atoms with Crippen LogP contribution in [0.1, 0.15) is 51.9 Å². The third-order valence-electron chi connectivity index (χ3n) is 4.27. The SMILES string of the molecule is CC(C(=O)NC1CCCC1)N1CCCCC1C#N. The van der Waals surface area contributed by atoms with Crippen LogP contribution in [-0.2, 0) is 4.79 Å². The molecule has 1 saturated carbocycles. The highest BCUT2D eigenvalue weighted by Crippen LogP contribution is 2.21. The number of hydrogen-bond donors (Lipinski definition) is 1. The lowest BCUT2D eigenvalue weighted by molar-refractivity contribution is -0.127. The lowest BCUT2D eigenvalue weighted by Crippen LogP contribution is -2.52. The Morgan fingerprint density at radius 2 is 1.94 bits per heavy atom. The number of nitrogens with zero attached hydrogens (tertiary/aromatic N) is 2. The third-order valence-corrected chi connectivity index (χ3v) is 4.27. The summed E-state index contributed by atoms with van der Waals surface area (Å²) in [7, 11) is 0. The summed E-state index contributed by atoms with van der Waals surface area (Å²) in [6, 6.07) is 2.44. The van der Waals surface area contributed by atoms with Gasteiger partial charge in [-0.25, -0.2) is 0 Å². The molecule has 1 aliphatic heterocycles. The van der Waals surface area contributed by atoms with Gasteiger partial charge in [-0.2, -0.15) is 5.26 Å². The highest BCUT2D eigenvalue weighted by atomic mass is 16.2. The van der Waals surface area contributed by atoms with Crippen LogP contribution in [0.15, 0.2) is 0 Å². The van der Waals surface area contributed by atoms with Crippen LogP contribution in [-0.4, -0.2) is 35.5 Å². The second kappa shape index (κ2) is 6.19. The number of carbonyl (C=O) groups excluding carboxylic acids is 1. The predicted molar refractivity (Wildman–Crippen MR) is 69.8 cm³/mol. The fraction of sp³-hybridized carbons (Fsp3) is 0.857. The zero-order valence-corrected chi connectivity index (χ0v) is 11.2. The molecule has 2 rings (SSSR count). The number of likely N-dealkylation sites (tertiary alicyclic amines) is 1. The minimum atomic E-state index is -0.171. The molecule has 1 aliphatic carbocycles. The smallest absolute Gasteiger partial charge is 0.237 e. The van der Waals surface area contributed by atoms with Crippen molar-refractivity contribution in [1.82, 2.24) is 10.2 Å². The lowest BCUT2D eigenvalue weighted by atomic mass is 10.0. The summed E-state index contributed by atoms with van der Waals surface area (Å²) >= 11 is 0. The first-order valence-electron chi connectivity index (χ1n) is 7.18. The van der Waals surface area contributed by atoms with E-state index in [1.54, 1.807) is 0 Å². The molecular formula is C14H23N3O. The Morgan fingerprint density at radius 1 is 1.28 bits per heavy atom. The van der Waals surface area contributed by atoms with Crippen LogP contribution in [0.2, 0.25) is 0 Å². The second-order valence-electron chi connectivity index (χ2n) is 5.54. The topological polar surface area (TPSA) is 56.1 Å². The van der Waals surface area contributed by atoms with Crippen LogP contribution in [0.5, 0.6) is 0 Å². The molecule has 0 aromatic heterocycles. The predicted octanol–water partition coefficient (Wildman–Crippen LogP) is 1.81. The average molecular weight is 249 g/mol. The molecule has 2 atom stereocenters. The van der Waals surface area contributed by atoms with Crippen molar-refractivity contribution in [3.05, 3.63) is 0 Å². The summed E-state index contributed by atoms with van der Waals surface area (Å²) in [6.07, 6.45) is 7.77. The van der Waals surface area contributed by atoms with Crippen LogP contribution in [0.25, 0.3) is 0 Å². The van der Waals surface area contributed by atoms with Crippen molar-refractivity contribution in [1.29, 1.82) is 5.26 Å². The maximum atomic E-state index is 12.2. The molecule has 0 radical (unpaired) electrons. The highest BCUT2D eigenvalue weighted by Gasteiger charge is 2.31. The highest BCUT2D eigenvalue weighted by molar-refractivity contribution is 5.81. The number of piperidine rings is 1. The van der Waals surface area contributed by atoms with Crippen LogP contribution < -0.4 is 5.32 Å². The molecule has 0 aromatic rings. The van der Waals surface area contributed by atoms with E-state index >= 15 is 0 Å². The number of hydrogen-bond acceptors (Lipinski definition) is 3. The van der Waals surface area contributed by atoms with Gasteiger partial charge in [-0.1, -0.05) is 12.8 Å². The first-order valence-corrected chi connectivity index (χ1v) is 7.18. The zero-order valence-electron chi connectivity index (χ0n) is 11.2. The summed E-state index contributed by atoms with van der Waals surface area (Å²) < 4.78 is 0. The summed E-state index contributed by atoms with van der Waals surface area (Å²) in [6.45, 7) is 2.80. The quantitative estimate of drug-likeness (QED) is 0.830. The molecule has 2 aliphatic rings. The normalized spacial score (nSPS) is 27.7. The summed E-state index contributed by atoms with van der Waals surface area (Å²) in [5.74, 6) is 0.101. The molecule has 0 spiro atoms. The standard InChI is InChI=1S/C14H23N3O/c1-11(14(18)16-12-6-2-3-7-12)17-9-5-4-8-13(17)10-15/h11-13H,2-9H2,1H3,(H,16,18). The molecule has 2 unspecified atom stereocenters. The van der Waals surface area contributed by atoms with E-state index in [0.29, 0.717) is 6.04 Å². The van der Waals surface area contributed by atoms with Crippen molar-refractivity contribution in [2.75, 3.05) is 6.54 Å². The van der Waals surface area contributed by atoms with Gasteiger partial charge in [0.05, 0.1) is 18.2 Å². The van der Waals surface area contributed by atoms with Crippen molar-refractivity contribution in [2.45, 2.75) is 70.0 Å². The molecule has 0 bridgehead atoms. The van der Waals surface area contributed by atoms with Crippen molar-refractivity contribution in [3.63, 3.8) is 0 Å². The second-order valence-corrected chi connectivity index (χ2v) is 5.54. The Balaban J connectivity index is 1.90. The summed E-state index contributed by atoms with van der Waals surface area (Å²) in [4.78, 5) is 14.3. The minimum absolute atomic E-state index is 0.0805. The number of nitriles is 1. The number of nitrogens with one attached hydrogen (secondary N) is 1. The Labute approximate surface area is 109 Å². The molecule has 18 heavy (non-hydrogen) atoms. The van der Waals surface area contributed by atoms with Gasteiger partial charge in [0, 0.05) is 12.6 Å². The Kier molecular flexibility index (Phi) is 4.60. The van der Waals surface area contributed by atoms with E-state index in [9.17, 15) is 4.79 Å². The van der Waals surface area contributed by atoms with E-state index < -0.39 is 0 Å². The van der Waals surface area contributed by atoms with E-state index in [4.69, 9.17) is 5.26 Å². The van der Waals surface area contributed by atoms with E-state index in [1.165, 1.54) is 12.8 Å². The third kappa shape index (κ3) is 3.02. The van der Waals surface area contributed by atoms with Crippen LogP contribution >= 0.6 is 0 Å². The first kappa shape index (κ1) is 13.4. The maximum Gasteiger partial charge on any atom is 0.237 e. The molecule has 0 aromatic carbocycles. The zero-order chi connectivity index (χ0) is 13.0. The summed E-state index contributed by atoms with van der Waals surface area (Å²) in [5.41, 5.74) is 0. The fourth-order valence-corrected chi connectivity index (χ4v) is 3.10. The van der Waals surface area contributed by atoms with E-state index in [2.05, 4.69) is 16.3 Å². The molecule has 1 heterocycles. The van der Waals surface area contributed by atoms with Gasteiger partial charge in [-0.05, 0) is 39.0 Å². The van der Waals surface area contributed by atoms with Crippen molar-refractivity contribution >= 4 is 5.91 Å². The molecule has 4 heteroatoms.